The third-order valence-electron chi connectivity index (χ3n) is 6.03. The monoisotopic (exact) mass is 457 g/mol. The van der Waals surface area contributed by atoms with Crippen LogP contribution in [0.3, 0.4) is 0 Å². The molecule has 34 heavy (non-hydrogen) atoms. The highest BCUT2D eigenvalue weighted by Gasteiger charge is 2.19. The van der Waals surface area contributed by atoms with Crippen molar-refractivity contribution in [3.05, 3.63) is 78.1 Å². The normalized spacial score (nSPS) is 14.3. The van der Waals surface area contributed by atoms with E-state index in [1.165, 1.54) is 0 Å². The lowest BCUT2D eigenvalue weighted by molar-refractivity contribution is 0.0342. The molecule has 0 bridgehead atoms. The lowest BCUT2D eigenvalue weighted by Crippen LogP contribution is -2.35. The summed E-state index contributed by atoms with van der Waals surface area (Å²) in [7, 11) is 1.63. The molecule has 7 heteroatoms. The summed E-state index contributed by atoms with van der Waals surface area (Å²) in [6.07, 6.45) is 0. The number of nitrogens with zero attached hydrogens (tertiary/aromatic N) is 1. The highest BCUT2D eigenvalue weighted by atomic mass is 16.5. The number of methoxy groups -OCH3 is 1. The van der Waals surface area contributed by atoms with Gasteiger partial charge in [-0.2, -0.15) is 0 Å². The number of morpholine rings is 1. The highest BCUT2D eigenvalue weighted by Crippen LogP contribution is 2.31. The molecule has 2 heterocycles. The molecule has 0 spiro atoms. The number of hydrogen-bond donors (Lipinski definition) is 2. The summed E-state index contributed by atoms with van der Waals surface area (Å²) in [6, 6.07) is 21.1. The Morgan fingerprint density at radius 2 is 1.82 bits per heavy atom. The fourth-order valence-corrected chi connectivity index (χ4v) is 4.20. The van der Waals surface area contributed by atoms with Gasteiger partial charge in [-0.3, -0.25) is 9.69 Å². The summed E-state index contributed by atoms with van der Waals surface area (Å²) in [4.78, 5) is 15.4. The van der Waals surface area contributed by atoms with Crippen LogP contribution in [0, 0.1) is 0 Å². The largest absolute Gasteiger partial charge is 0.497 e. The molecule has 1 aromatic heterocycles. The van der Waals surface area contributed by atoms with E-state index in [1.807, 2.05) is 54.6 Å². The Morgan fingerprint density at radius 3 is 2.59 bits per heavy atom. The quantitative estimate of drug-likeness (QED) is 0.405. The van der Waals surface area contributed by atoms with Gasteiger partial charge in [0.1, 0.15) is 11.3 Å². The van der Waals surface area contributed by atoms with Crippen LogP contribution in [0.25, 0.3) is 22.1 Å². The lowest BCUT2D eigenvalue weighted by atomic mass is 10.0. The van der Waals surface area contributed by atoms with Gasteiger partial charge in [0, 0.05) is 30.6 Å². The summed E-state index contributed by atoms with van der Waals surface area (Å²) >= 11 is 0. The molecule has 1 amide bonds. The molecule has 1 aliphatic heterocycles. The fraction of sp³-hybridized carbons (Fsp3) is 0.222. The van der Waals surface area contributed by atoms with Crippen molar-refractivity contribution < 1.29 is 18.7 Å². The molecular formula is C27H27N3O4. The van der Waals surface area contributed by atoms with E-state index in [4.69, 9.17) is 19.6 Å². The second-order valence-corrected chi connectivity index (χ2v) is 8.33. The molecule has 1 aliphatic rings. The maximum absolute atomic E-state index is 13.1. The Labute approximate surface area is 198 Å². The number of carbonyl (C=O) groups is 1. The maximum Gasteiger partial charge on any atom is 0.291 e. The average molecular weight is 458 g/mol. The van der Waals surface area contributed by atoms with Gasteiger partial charge in [0.05, 0.1) is 31.7 Å². The predicted octanol–water partition coefficient (Wildman–Crippen LogP) is 4.78. The zero-order chi connectivity index (χ0) is 23.5. The van der Waals surface area contributed by atoms with E-state index in [9.17, 15) is 4.79 Å². The van der Waals surface area contributed by atoms with Crippen LogP contribution in [0.1, 0.15) is 16.1 Å². The number of amides is 1. The first-order chi connectivity index (χ1) is 16.6. The van der Waals surface area contributed by atoms with Gasteiger partial charge in [-0.25, -0.2) is 0 Å². The van der Waals surface area contributed by atoms with E-state index in [2.05, 4.69) is 10.2 Å². The van der Waals surface area contributed by atoms with Gasteiger partial charge >= 0.3 is 0 Å². The molecule has 1 saturated heterocycles. The lowest BCUT2D eigenvalue weighted by Gasteiger charge is -2.26. The predicted molar refractivity (Wildman–Crippen MR) is 133 cm³/mol. The van der Waals surface area contributed by atoms with Crippen molar-refractivity contribution in [1.82, 2.24) is 4.90 Å². The molecule has 0 atom stereocenters. The Bertz CT molecular complexity index is 1310. The third kappa shape index (κ3) is 4.62. The Morgan fingerprint density at radius 1 is 1.03 bits per heavy atom. The molecule has 5 rings (SSSR count). The van der Waals surface area contributed by atoms with Gasteiger partial charge in [-0.05, 0) is 41.5 Å². The number of nitrogens with one attached hydrogen (secondary N) is 1. The minimum absolute atomic E-state index is 0.219. The second kappa shape index (κ2) is 9.59. The SMILES string of the molecule is COc1cc(CN2CCOCC2)c2oc(C(=O)Nc3cc(-c4ccccc4)ccc3N)cc2c1. The number of anilines is 2. The molecular weight excluding hydrogens is 430 g/mol. The van der Waals surface area contributed by atoms with E-state index in [-0.39, 0.29) is 11.7 Å². The van der Waals surface area contributed by atoms with E-state index in [0.717, 1.165) is 40.9 Å². The maximum atomic E-state index is 13.1. The summed E-state index contributed by atoms with van der Waals surface area (Å²) in [5.41, 5.74) is 10.8. The molecule has 0 saturated carbocycles. The van der Waals surface area contributed by atoms with Gasteiger partial charge in [0.25, 0.3) is 5.91 Å². The van der Waals surface area contributed by atoms with Gasteiger partial charge < -0.3 is 24.9 Å². The number of nitrogens with two attached hydrogens (primary N) is 1. The number of carbonyl (C=O) groups excluding carboxylic acids is 1. The van der Waals surface area contributed by atoms with Crippen LogP contribution in [0.5, 0.6) is 5.75 Å². The number of rotatable bonds is 6. The summed E-state index contributed by atoms with van der Waals surface area (Å²) in [5.74, 6) is 0.587. The molecule has 0 aliphatic carbocycles. The zero-order valence-corrected chi connectivity index (χ0v) is 19.0. The Kier molecular flexibility index (Phi) is 6.20. The first-order valence-electron chi connectivity index (χ1n) is 11.3. The minimum Gasteiger partial charge on any atom is -0.497 e. The van der Waals surface area contributed by atoms with Crippen LogP contribution in [0.15, 0.2) is 71.1 Å². The molecule has 7 nitrogen and oxygen atoms in total. The molecule has 4 aromatic rings. The second-order valence-electron chi connectivity index (χ2n) is 8.33. The van der Waals surface area contributed by atoms with Crippen LogP contribution in [-0.2, 0) is 11.3 Å². The average Bonchev–Trinajstić information content (AvgIpc) is 3.31. The van der Waals surface area contributed by atoms with Crippen molar-refractivity contribution in [1.29, 1.82) is 0 Å². The van der Waals surface area contributed by atoms with Crippen LogP contribution < -0.4 is 15.8 Å². The summed E-state index contributed by atoms with van der Waals surface area (Å²) in [5, 5.41) is 3.73. The van der Waals surface area contributed by atoms with Gasteiger partial charge in [0.15, 0.2) is 5.76 Å². The van der Waals surface area contributed by atoms with Crippen LogP contribution in [0.2, 0.25) is 0 Å². The van der Waals surface area contributed by atoms with Crippen molar-refractivity contribution in [3.8, 4) is 16.9 Å². The van der Waals surface area contributed by atoms with Gasteiger partial charge in [-0.15, -0.1) is 0 Å². The highest BCUT2D eigenvalue weighted by molar-refractivity contribution is 6.06. The smallest absolute Gasteiger partial charge is 0.291 e. The number of furan rings is 1. The van der Waals surface area contributed by atoms with Gasteiger partial charge in [-0.1, -0.05) is 36.4 Å². The molecule has 174 valence electrons. The standard InChI is InChI=1S/C27H27N3O4/c1-32-22-13-20-16-25(34-26(20)21(14-22)17-30-9-11-33-12-10-30)27(31)29-24-15-19(7-8-23(24)28)18-5-3-2-4-6-18/h2-8,13-16H,9-12,17,28H2,1H3,(H,29,31). The Hall–Kier alpha value is -3.81. The summed E-state index contributed by atoms with van der Waals surface area (Å²) < 4.78 is 17.0. The molecule has 0 radical (unpaired) electrons. The molecule has 3 N–H and O–H groups in total. The van der Waals surface area contributed by atoms with Crippen molar-refractivity contribution in [2.24, 2.45) is 0 Å². The van der Waals surface area contributed by atoms with E-state index in [1.54, 1.807) is 19.2 Å². The number of fused-ring (bicyclic) bond motifs is 1. The zero-order valence-electron chi connectivity index (χ0n) is 19.0. The van der Waals surface area contributed by atoms with E-state index in [0.29, 0.717) is 36.7 Å². The van der Waals surface area contributed by atoms with E-state index >= 15 is 0 Å². The van der Waals surface area contributed by atoms with Gasteiger partial charge in [0.2, 0.25) is 0 Å². The Balaban J connectivity index is 1.43. The first-order valence-corrected chi connectivity index (χ1v) is 11.3. The van der Waals surface area contributed by atoms with E-state index < -0.39 is 0 Å². The molecule has 0 unspecified atom stereocenters. The fourth-order valence-electron chi connectivity index (χ4n) is 4.20. The van der Waals surface area contributed by atoms with Crippen LogP contribution in [0.4, 0.5) is 11.4 Å². The van der Waals surface area contributed by atoms with Crippen molar-refractivity contribution >= 4 is 28.3 Å². The number of nitrogen functional groups attached to an aromatic ring is 1. The number of hydrogen-bond acceptors (Lipinski definition) is 6. The van der Waals surface area contributed by atoms with Crippen LogP contribution in [-0.4, -0.2) is 44.2 Å². The summed E-state index contributed by atoms with van der Waals surface area (Å²) in [6.45, 7) is 3.82. The third-order valence-corrected chi connectivity index (χ3v) is 6.03. The molecule has 3 aromatic carbocycles. The van der Waals surface area contributed by atoms with Crippen molar-refractivity contribution in [2.45, 2.75) is 6.54 Å². The topological polar surface area (TPSA) is 90.0 Å². The number of ether oxygens (including phenoxy) is 2. The number of benzene rings is 3. The minimum atomic E-state index is -0.357. The van der Waals surface area contributed by atoms with Crippen molar-refractivity contribution in [2.75, 3.05) is 44.5 Å². The molecule has 1 fully saturated rings. The first kappa shape index (κ1) is 22.0. The van der Waals surface area contributed by atoms with Crippen LogP contribution >= 0.6 is 0 Å². The van der Waals surface area contributed by atoms with Crippen molar-refractivity contribution in [3.63, 3.8) is 0 Å².